The van der Waals surface area contributed by atoms with E-state index in [4.69, 9.17) is 4.74 Å². The Labute approximate surface area is 143 Å². The Morgan fingerprint density at radius 3 is 2.52 bits per heavy atom. The average Bonchev–Trinajstić information content (AvgIpc) is 2.58. The zero-order chi connectivity index (χ0) is 18.6. The lowest BCUT2D eigenvalue weighted by atomic mass is 10.1. The van der Waals surface area contributed by atoms with Crippen molar-refractivity contribution < 1.29 is 27.8 Å². The fourth-order valence-corrected chi connectivity index (χ4v) is 2.12. The monoisotopic (exact) mass is 349 g/mol. The molecule has 0 aliphatic carbocycles. The molecule has 0 fully saturated rings. The van der Waals surface area contributed by atoms with Crippen LogP contribution in [0.15, 0.2) is 30.3 Å². The number of carbonyl (C=O) groups excluding carboxylic acids is 2. The van der Waals surface area contributed by atoms with Gasteiger partial charge < -0.3 is 14.8 Å². The molecule has 0 unspecified atom stereocenters. The molecule has 0 saturated carbocycles. The van der Waals surface area contributed by atoms with Gasteiger partial charge in [-0.25, -0.2) is 13.6 Å². The molecular formula is C18H17F2NO4. The summed E-state index contributed by atoms with van der Waals surface area (Å²) in [5.74, 6) is -3.17. The van der Waals surface area contributed by atoms with Gasteiger partial charge in [-0.05, 0) is 37.1 Å². The number of hydrogen-bond acceptors (Lipinski definition) is 4. The van der Waals surface area contributed by atoms with Gasteiger partial charge in [0.2, 0.25) is 0 Å². The molecule has 5 nitrogen and oxygen atoms in total. The summed E-state index contributed by atoms with van der Waals surface area (Å²) in [4.78, 5) is 23.4. The van der Waals surface area contributed by atoms with Gasteiger partial charge in [0.05, 0.1) is 18.4 Å². The smallest absolute Gasteiger partial charge is 0.340 e. The van der Waals surface area contributed by atoms with Gasteiger partial charge in [-0.3, -0.25) is 4.79 Å². The number of anilines is 1. The van der Waals surface area contributed by atoms with Gasteiger partial charge >= 0.3 is 5.97 Å². The van der Waals surface area contributed by atoms with E-state index < -0.39 is 29.1 Å². The van der Waals surface area contributed by atoms with E-state index in [0.717, 1.165) is 24.3 Å². The highest BCUT2D eigenvalue weighted by Gasteiger charge is 2.18. The van der Waals surface area contributed by atoms with E-state index in [1.165, 1.54) is 0 Å². The third-order valence-electron chi connectivity index (χ3n) is 3.65. The van der Waals surface area contributed by atoms with Crippen LogP contribution in [0.5, 0.6) is 5.75 Å². The number of benzene rings is 2. The molecule has 0 heterocycles. The maximum Gasteiger partial charge on any atom is 0.340 e. The van der Waals surface area contributed by atoms with Crippen LogP contribution in [-0.2, 0) is 9.53 Å². The molecule has 0 aliphatic rings. The first-order valence-corrected chi connectivity index (χ1v) is 7.39. The molecule has 7 heteroatoms. The number of rotatable bonds is 5. The summed E-state index contributed by atoms with van der Waals surface area (Å²) >= 11 is 0. The number of carbonyl (C=O) groups is 2. The standard InChI is InChI=1S/C18H17F2NO4/c1-10-5-4-6-16(11(10)2)25-9-17(22)21-15-7-12(18(23)24-3)13(19)8-14(15)20/h4-8H,9H2,1-3H3,(H,21,22). The Morgan fingerprint density at radius 2 is 1.84 bits per heavy atom. The van der Waals surface area contributed by atoms with E-state index in [9.17, 15) is 18.4 Å². The molecule has 0 saturated heterocycles. The average molecular weight is 349 g/mol. The Kier molecular flexibility index (Phi) is 5.69. The molecule has 0 atom stereocenters. The molecule has 2 rings (SSSR count). The molecular weight excluding hydrogens is 332 g/mol. The summed E-state index contributed by atoms with van der Waals surface area (Å²) in [5, 5.41) is 2.25. The van der Waals surface area contributed by atoms with Gasteiger partial charge in [-0.2, -0.15) is 0 Å². The first kappa shape index (κ1) is 18.4. The summed E-state index contributed by atoms with van der Waals surface area (Å²) in [6.45, 7) is 3.39. The molecule has 0 radical (unpaired) electrons. The van der Waals surface area contributed by atoms with Gasteiger partial charge in [0.1, 0.15) is 17.4 Å². The van der Waals surface area contributed by atoms with Gasteiger partial charge in [-0.1, -0.05) is 12.1 Å². The third kappa shape index (κ3) is 4.32. The fraction of sp³-hybridized carbons (Fsp3) is 0.222. The van der Waals surface area contributed by atoms with Gasteiger partial charge in [-0.15, -0.1) is 0 Å². The van der Waals surface area contributed by atoms with E-state index in [1.807, 2.05) is 19.9 Å². The Morgan fingerprint density at radius 1 is 1.12 bits per heavy atom. The topological polar surface area (TPSA) is 64.6 Å². The second-order valence-corrected chi connectivity index (χ2v) is 5.34. The fourth-order valence-electron chi connectivity index (χ4n) is 2.12. The van der Waals surface area contributed by atoms with Crippen LogP contribution < -0.4 is 10.1 Å². The molecule has 1 amide bonds. The van der Waals surface area contributed by atoms with Crippen LogP contribution in [0, 0.1) is 25.5 Å². The predicted molar refractivity (Wildman–Crippen MR) is 87.7 cm³/mol. The van der Waals surface area contributed by atoms with Crippen LogP contribution in [0.4, 0.5) is 14.5 Å². The molecule has 0 aromatic heterocycles. The van der Waals surface area contributed by atoms with Crippen LogP contribution in [-0.4, -0.2) is 25.6 Å². The molecule has 25 heavy (non-hydrogen) atoms. The third-order valence-corrected chi connectivity index (χ3v) is 3.65. The van der Waals surface area contributed by atoms with E-state index in [2.05, 4.69) is 10.1 Å². The number of hydrogen-bond donors (Lipinski definition) is 1. The number of nitrogens with one attached hydrogen (secondary N) is 1. The van der Waals surface area contributed by atoms with Crippen LogP contribution in [0.3, 0.4) is 0 Å². The SMILES string of the molecule is COC(=O)c1cc(NC(=O)COc2cccc(C)c2C)c(F)cc1F. The number of esters is 1. The minimum Gasteiger partial charge on any atom is -0.483 e. The molecule has 2 aromatic carbocycles. The molecule has 0 spiro atoms. The van der Waals surface area contributed by atoms with Crippen molar-refractivity contribution in [2.45, 2.75) is 13.8 Å². The highest BCUT2D eigenvalue weighted by molar-refractivity contribution is 5.95. The normalized spacial score (nSPS) is 10.3. The second-order valence-electron chi connectivity index (χ2n) is 5.34. The number of amides is 1. The van der Waals surface area contributed by atoms with Crippen molar-refractivity contribution in [1.29, 1.82) is 0 Å². The minimum atomic E-state index is -1.08. The first-order valence-electron chi connectivity index (χ1n) is 7.39. The van der Waals surface area contributed by atoms with Crippen molar-refractivity contribution in [3.05, 3.63) is 58.7 Å². The largest absolute Gasteiger partial charge is 0.483 e. The van der Waals surface area contributed by atoms with E-state index in [-0.39, 0.29) is 12.3 Å². The highest BCUT2D eigenvalue weighted by atomic mass is 19.1. The lowest BCUT2D eigenvalue weighted by Gasteiger charge is -2.12. The summed E-state index contributed by atoms with van der Waals surface area (Å²) in [5.41, 5.74) is 1.08. The van der Waals surface area contributed by atoms with Gasteiger partial charge in [0, 0.05) is 6.07 Å². The summed E-state index contributed by atoms with van der Waals surface area (Å²) in [6, 6.07) is 6.80. The zero-order valence-electron chi connectivity index (χ0n) is 14.0. The van der Waals surface area contributed by atoms with E-state index in [0.29, 0.717) is 11.8 Å². The van der Waals surface area contributed by atoms with Gasteiger partial charge in [0.25, 0.3) is 5.91 Å². The second kappa shape index (κ2) is 7.74. The summed E-state index contributed by atoms with van der Waals surface area (Å²) < 4.78 is 37.2. The molecule has 132 valence electrons. The number of halogens is 2. The Balaban J connectivity index is 2.10. The summed E-state index contributed by atoms with van der Waals surface area (Å²) in [7, 11) is 1.07. The van der Waals surface area contributed by atoms with Crippen molar-refractivity contribution in [2.75, 3.05) is 19.0 Å². The first-order chi connectivity index (χ1) is 11.8. The lowest BCUT2D eigenvalue weighted by molar-refractivity contribution is -0.118. The molecule has 2 aromatic rings. The molecule has 1 N–H and O–H groups in total. The van der Waals surface area contributed by atoms with Crippen LogP contribution in [0.1, 0.15) is 21.5 Å². The zero-order valence-corrected chi connectivity index (χ0v) is 14.0. The van der Waals surface area contributed by atoms with Crippen molar-refractivity contribution in [3.63, 3.8) is 0 Å². The lowest BCUT2D eigenvalue weighted by Crippen LogP contribution is -2.21. The van der Waals surface area contributed by atoms with Crippen molar-refractivity contribution >= 4 is 17.6 Å². The Hall–Kier alpha value is -2.96. The summed E-state index contributed by atoms with van der Waals surface area (Å²) in [6.07, 6.45) is 0. The number of methoxy groups -OCH3 is 1. The predicted octanol–water partition coefficient (Wildman–Crippen LogP) is 3.39. The van der Waals surface area contributed by atoms with Crippen molar-refractivity contribution in [3.8, 4) is 5.75 Å². The molecule has 0 aliphatic heterocycles. The van der Waals surface area contributed by atoms with E-state index in [1.54, 1.807) is 12.1 Å². The maximum absolute atomic E-state index is 13.8. The van der Waals surface area contributed by atoms with Crippen LogP contribution >= 0.6 is 0 Å². The Bertz CT molecular complexity index is 821. The van der Waals surface area contributed by atoms with Crippen molar-refractivity contribution in [2.24, 2.45) is 0 Å². The van der Waals surface area contributed by atoms with E-state index >= 15 is 0 Å². The number of ether oxygens (including phenoxy) is 2. The van der Waals surface area contributed by atoms with Gasteiger partial charge in [0.15, 0.2) is 6.61 Å². The van der Waals surface area contributed by atoms with Crippen molar-refractivity contribution in [1.82, 2.24) is 0 Å². The van der Waals surface area contributed by atoms with Crippen LogP contribution in [0.2, 0.25) is 0 Å². The maximum atomic E-state index is 13.8. The minimum absolute atomic E-state index is 0.337. The quantitative estimate of drug-likeness (QED) is 0.841. The number of aryl methyl sites for hydroxylation is 1. The molecule has 0 bridgehead atoms. The highest BCUT2D eigenvalue weighted by Crippen LogP contribution is 2.22. The van der Waals surface area contributed by atoms with Crippen LogP contribution in [0.25, 0.3) is 0 Å².